The summed E-state index contributed by atoms with van der Waals surface area (Å²) in [5.41, 5.74) is 8.27. The second kappa shape index (κ2) is 6.68. The molecule has 3 N–H and O–H groups in total. The highest BCUT2D eigenvalue weighted by atomic mass is 79.9. The van der Waals surface area contributed by atoms with Crippen molar-refractivity contribution < 1.29 is 0 Å². The molecule has 1 unspecified atom stereocenters. The lowest BCUT2D eigenvalue weighted by atomic mass is 10.1. The number of aryl methyl sites for hydroxylation is 1. The molecule has 2 rings (SSSR count). The van der Waals surface area contributed by atoms with Crippen LogP contribution in [0.25, 0.3) is 0 Å². The Morgan fingerprint density at radius 3 is 2.68 bits per heavy atom. The number of nitrogens with zero attached hydrogens (tertiary/aromatic N) is 1. The fraction of sp³-hybridized carbons (Fsp3) is 0.267. The third kappa shape index (κ3) is 4.04. The van der Waals surface area contributed by atoms with Crippen molar-refractivity contribution in [2.24, 2.45) is 5.73 Å². The molecule has 1 aromatic heterocycles. The van der Waals surface area contributed by atoms with E-state index in [-0.39, 0.29) is 6.04 Å². The van der Waals surface area contributed by atoms with Crippen molar-refractivity contribution in [3.8, 4) is 0 Å². The van der Waals surface area contributed by atoms with E-state index in [0.29, 0.717) is 6.54 Å². The van der Waals surface area contributed by atoms with Crippen LogP contribution in [0.5, 0.6) is 0 Å². The number of halogens is 1. The number of nitrogens with two attached hydrogens (primary N) is 1. The molecule has 0 radical (unpaired) electrons. The zero-order chi connectivity index (χ0) is 13.7. The molecule has 1 heterocycles. The molecule has 0 aliphatic heterocycles. The summed E-state index contributed by atoms with van der Waals surface area (Å²) < 4.78 is 1.02. The Kier molecular flexibility index (Phi) is 4.93. The van der Waals surface area contributed by atoms with Gasteiger partial charge in [0.15, 0.2) is 0 Å². The van der Waals surface area contributed by atoms with Crippen LogP contribution in [-0.2, 0) is 6.42 Å². The lowest BCUT2D eigenvalue weighted by Crippen LogP contribution is -2.31. The van der Waals surface area contributed by atoms with Gasteiger partial charge in [-0.25, -0.2) is 4.98 Å². The highest BCUT2D eigenvalue weighted by molar-refractivity contribution is 9.10. The molecule has 0 aliphatic carbocycles. The first-order valence-electron chi connectivity index (χ1n) is 6.31. The number of benzene rings is 1. The van der Waals surface area contributed by atoms with Crippen molar-refractivity contribution in [1.29, 1.82) is 0 Å². The standard InChI is InChI=1S/C15H18BrN3/c1-11-7-15(18-10-14(11)16)19-13(9-17)8-12-5-3-2-4-6-12/h2-7,10,13H,8-9,17H2,1H3,(H,18,19). The molecule has 3 nitrogen and oxygen atoms in total. The Morgan fingerprint density at radius 1 is 1.32 bits per heavy atom. The maximum Gasteiger partial charge on any atom is 0.126 e. The van der Waals surface area contributed by atoms with E-state index < -0.39 is 0 Å². The summed E-state index contributed by atoms with van der Waals surface area (Å²) in [5, 5.41) is 3.39. The number of pyridine rings is 1. The van der Waals surface area contributed by atoms with Gasteiger partial charge in [0.2, 0.25) is 0 Å². The lowest BCUT2D eigenvalue weighted by molar-refractivity contribution is 0.720. The fourth-order valence-corrected chi connectivity index (χ4v) is 2.14. The van der Waals surface area contributed by atoms with Crippen LogP contribution in [0.2, 0.25) is 0 Å². The minimum atomic E-state index is 0.190. The van der Waals surface area contributed by atoms with Gasteiger partial charge in [-0.2, -0.15) is 0 Å². The molecule has 1 atom stereocenters. The van der Waals surface area contributed by atoms with Crippen molar-refractivity contribution in [3.05, 3.63) is 58.2 Å². The van der Waals surface area contributed by atoms with Gasteiger partial charge in [-0.05, 0) is 46.5 Å². The van der Waals surface area contributed by atoms with E-state index in [1.54, 1.807) is 0 Å². The zero-order valence-corrected chi connectivity index (χ0v) is 12.5. The van der Waals surface area contributed by atoms with Crippen molar-refractivity contribution in [1.82, 2.24) is 4.98 Å². The van der Waals surface area contributed by atoms with E-state index in [4.69, 9.17) is 5.73 Å². The number of hydrogen-bond donors (Lipinski definition) is 2. The van der Waals surface area contributed by atoms with Crippen LogP contribution < -0.4 is 11.1 Å². The Bertz CT molecular complexity index is 528. The van der Waals surface area contributed by atoms with Gasteiger partial charge in [0.1, 0.15) is 5.82 Å². The molecule has 0 saturated heterocycles. The molecule has 0 bridgehead atoms. The van der Waals surface area contributed by atoms with Gasteiger partial charge in [0.25, 0.3) is 0 Å². The molecule has 4 heteroatoms. The highest BCUT2D eigenvalue weighted by Gasteiger charge is 2.09. The quantitative estimate of drug-likeness (QED) is 0.890. The number of aromatic nitrogens is 1. The van der Waals surface area contributed by atoms with Crippen molar-refractivity contribution >= 4 is 21.7 Å². The Hall–Kier alpha value is -1.39. The summed E-state index contributed by atoms with van der Waals surface area (Å²) in [4.78, 5) is 4.35. The first-order valence-corrected chi connectivity index (χ1v) is 7.11. The van der Waals surface area contributed by atoms with Crippen LogP contribution >= 0.6 is 15.9 Å². The molecule has 0 amide bonds. The Labute approximate surface area is 122 Å². The summed E-state index contributed by atoms with van der Waals surface area (Å²) >= 11 is 3.45. The molecule has 1 aromatic carbocycles. The van der Waals surface area contributed by atoms with Crippen molar-refractivity contribution in [3.63, 3.8) is 0 Å². The van der Waals surface area contributed by atoms with Crippen LogP contribution in [0.4, 0.5) is 5.82 Å². The van der Waals surface area contributed by atoms with Crippen molar-refractivity contribution in [2.45, 2.75) is 19.4 Å². The second-order valence-corrected chi connectivity index (χ2v) is 5.44. The van der Waals surface area contributed by atoms with Gasteiger partial charge >= 0.3 is 0 Å². The van der Waals surface area contributed by atoms with Gasteiger partial charge in [0.05, 0.1) is 0 Å². The van der Waals surface area contributed by atoms with E-state index in [0.717, 1.165) is 22.3 Å². The lowest BCUT2D eigenvalue weighted by Gasteiger charge is -2.18. The fourth-order valence-electron chi connectivity index (χ4n) is 1.92. The van der Waals surface area contributed by atoms with Crippen LogP contribution in [0.15, 0.2) is 47.1 Å². The summed E-state index contributed by atoms with van der Waals surface area (Å²) in [7, 11) is 0. The minimum Gasteiger partial charge on any atom is -0.366 e. The predicted molar refractivity (Wildman–Crippen MR) is 83.3 cm³/mol. The minimum absolute atomic E-state index is 0.190. The second-order valence-electron chi connectivity index (χ2n) is 4.59. The first kappa shape index (κ1) is 14.0. The van der Waals surface area contributed by atoms with E-state index >= 15 is 0 Å². The van der Waals surface area contributed by atoms with E-state index in [1.165, 1.54) is 5.56 Å². The van der Waals surface area contributed by atoms with Gasteiger partial charge < -0.3 is 11.1 Å². The van der Waals surface area contributed by atoms with Crippen LogP contribution in [-0.4, -0.2) is 17.6 Å². The third-order valence-electron chi connectivity index (χ3n) is 3.01. The maximum absolute atomic E-state index is 5.84. The molecule has 2 aromatic rings. The van der Waals surface area contributed by atoms with Gasteiger partial charge in [-0.3, -0.25) is 0 Å². The molecule has 0 saturated carbocycles. The molecular weight excluding hydrogens is 302 g/mol. The SMILES string of the molecule is Cc1cc(NC(CN)Cc2ccccc2)ncc1Br. The largest absolute Gasteiger partial charge is 0.366 e. The monoisotopic (exact) mass is 319 g/mol. The average molecular weight is 320 g/mol. The molecule has 100 valence electrons. The van der Waals surface area contributed by atoms with Gasteiger partial charge in [-0.15, -0.1) is 0 Å². The smallest absolute Gasteiger partial charge is 0.126 e. The van der Waals surface area contributed by atoms with Crippen LogP contribution in [0.3, 0.4) is 0 Å². The van der Waals surface area contributed by atoms with E-state index in [2.05, 4.69) is 38.4 Å². The van der Waals surface area contributed by atoms with Gasteiger partial charge in [0, 0.05) is 23.3 Å². The molecular formula is C15H18BrN3. The predicted octanol–water partition coefficient (Wildman–Crippen LogP) is 3.13. The topological polar surface area (TPSA) is 50.9 Å². The highest BCUT2D eigenvalue weighted by Crippen LogP contribution is 2.18. The van der Waals surface area contributed by atoms with Crippen LogP contribution in [0.1, 0.15) is 11.1 Å². The van der Waals surface area contributed by atoms with Gasteiger partial charge in [-0.1, -0.05) is 30.3 Å². The van der Waals surface area contributed by atoms with E-state index in [1.807, 2.05) is 37.4 Å². The maximum atomic E-state index is 5.84. The molecule has 0 fully saturated rings. The Balaban J connectivity index is 2.04. The average Bonchev–Trinajstić information content (AvgIpc) is 2.43. The normalized spacial score (nSPS) is 12.2. The van der Waals surface area contributed by atoms with Crippen LogP contribution in [0, 0.1) is 6.92 Å². The zero-order valence-electron chi connectivity index (χ0n) is 10.9. The number of anilines is 1. The summed E-state index contributed by atoms with van der Waals surface area (Å²) in [6.45, 7) is 2.62. The number of rotatable bonds is 5. The van der Waals surface area contributed by atoms with E-state index in [9.17, 15) is 0 Å². The summed E-state index contributed by atoms with van der Waals surface area (Å²) in [6.07, 6.45) is 2.71. The molecule has 0 aliphatic rings. The Morgan fingerprint density at radius 2 is 2.05 bits per heavy atom. The summed E-state index contributed by atoms with van der Waals surface area (Å²) in [6, 6.07) is 12.6. The van der Waals surface area contributed by atoms with Crippen molar-refractivity contribution in [2.75, 3.05) is 11.9 Å². The summed E-state index contributed by atoms with van der Waals surface area (Å²) in [5.74, 6) is 0.868. The first-order chi connectivity index (χ1) is 9.19. The molecule has 0 spiro atoms. The number of hydrogen-bond acceptors (Lipinski definition) is 3. The third-order valence-corrected chi connectivity index (χ3v) is 3.84. The number of nitrogens with one attached hydrogen (secondary N) is 1. The molecule has 19 heavy (non-hydrogen) atoms.